The summed E-state index contributed by atoms with van der Waals surface area (Å²) in [6, 6.07) is 0.404. The zero-order chi connectivity index (χ0) is 13.3. The largest absolute Gasteiger partial charge is 0.480 e. The molecule has 5 heteroatoms. The molecule has 0 aromatic carbocycles. The third kappa shape index (κ3) is 2.36. The number of nitrogens with zero attached hydrogens (tertiary/aromatic N) is 1. The molecule has 102 valence electrons. The van der Waals surface area contributed by atoms with Crippen LogP contribution < -0.4 is 5.73 Å². The average Bonchev–Trinajstić information content (AvgIpc) is 2.26. The average molecular weight is 254 g/mol. The minimum atomic E-state index is -1.12. The van der Waals surface area contributed by atoms with Gasteiger partial charge >= 0.3 is 5.97 Å². The Morgan fingerprint density at radius 2 is 1.78 bits per heavy atom. The van der Waals surface area contributed by atoms with Gasteiger partial charge in [-0.15, -0.1) is 0 Å². The van der Waals surface area contributed by atoms with Crippen molar-refractivity contribution in [3.8, 4) is 0 Å². The van der Waals surface area contributed by atoms with Crippen LogP contribution in [0.1, 0.15) is 44.9 Å². The molecule has 18 heavy (non-hydrogen) atoms. The van der Waals surface area contributed by atoms with Gasteiger partial charge in [-0.1, -0.05) is 0 Å². The van der Waals surface area contributed by atoms with Gasteiger partial charge in [0, 0.05) is 19.0 Å². The maximum Gasteiger partial charge on any atom is 0.323 e. The highest BCUT2D eigenvalue weighted by molar-refractivity contribution is 5.81. The summed E-state index contributed by atoms with van der Waals surface area (Å²) < 4.78 is 0. The number of carboxylic acid groups (broad SMARTS) is 1. The second-order valence-corrected chi connectivity index (χ2v) is 5.77. The van der Waals surface area contributed by atoms with Gasteiger partial charge < -0.3 is 15.7 Å². The van der Waals surface area contributed by atoms with E-state index in [0.29, 0.717) is 31.7 Å². The molecule has 0 radical (unpaired) electrons. The number of rotatable bonds is 3. The van der Waals surface area contributed by atoms with Gasteiger partial charge in [0.2, 0.25) is 5.91 Å². The van der Waals surface area contributed by atoms with Crippen molar-refractivity contribution in [2.45, 2.75) is 56.5 Å². The Bertz CT molecular complexity index is 344. The third-order valence-corrected chi connectivity index (χ3v) is 4.62. The summed E-state index contributed by atoms with van der Waals surface area (Å²) in [5, 5.41) is 9.05. The van der Waals surface area contributed by atoms with Gasteiger partial charge in [0.1, 0.15) is 5.54 Å². The molecule has 0 aromatic rings. The van der Waals surface area contributed by atoms with Crippen LogP contribution in [0.15, 0.2) is 0 Å². The molecule has 5 nitrogen and oxygen atoms in total. The van der Waals surface area contributed by atoms with Crippen LogP contribution in [-0.2, 0) is 9.59 Å². The lowest BCUT2D eigenvalue weighted by molar-refractivity contribution is -0.148. The van der Waals surface area contributed by atoms with E-state index in [2.05, 4.69) is 0 Å². The van der Waals surface area contributed by atoms with E-state index in [0.717, 1.165) is 12.8 Å². The lowest BCUT2D eigenvalue weighted by Crippen LogP contribution is -2.52. The Morgan fingerprint density at radius 3 is 2.17 bits per heavy atom. The molecule has 0 bridgehead atoms. The van der Waals surface area contributed by atoms with E-state index >= 15 is 0 Å². The minimum absolute atomic E-state index is 0.0355. The number of amides is 1. The van der Waals surface area contributed by atoms with Gasteiger partial charge in [0.05, 0.1) is 0 Å². The Hall–Kier alpha value is -1.10. The Kier molecular flexibility index (Phi) is 3.61. The zero-order valence-electron chi connectivity index (χ0n) is 10.9. The first-order valence-electron chi connectivity index (χ1n) is 6.73. The predicted molar refractivity (Wildman–Crippen MR) is 66.9 cm³/mol. The van der Waals surface area contributed by atoms with Gasteiger partial charge in [-0.05, 0) is 44.9 Å². The van der Waals surface area contributed by atoms with Gasteiger partial charge in [-0.2, -0.15) is 0 Å². The molecule has 0 aromatic heterocycles. The van der Waals surface area contributed by atoms with Crippen LogP contribution in [0.4, 0.5) is 0 Å². The zero-order valence-corrected chi connectivity index (χ0v) is 10.9. The standard InChI is InChI=1S/C13H22N2O3/c1-15(10-3-2-4-10)11(16)9-5-7-13(14,8-6-9)12(17)18/h9-10H,2-8,14H2,1H3,(H,17,18). The highest BCUT2D eigenvalue weighted by Crippen LogP contribution is 2.33. The van der Waals surface area contributed by atoms with Crippen LogP contribution in [0.25, 0.3) is 0 Å². The van der Waals surface area contributed by atoms with Crippen molar-refractivity contribution >= 4 is 11.9 Å². The van der Waals surface area contributed by atoms with Crippen molar-refractivity contribution in [2.24, 2.45) is 11.7 Å². The van der Waals surface area contributed by atoms with Crippen LogP contribution in [0.2, 0.25) is 0 Å². The summed E-state index contributed by atoms with van der Waals surface area (Å²) in [5.74, 6) is -0.806. The van der Waals surface area contributed by atoms with E-state index < -0.39 is 11.5 Å². The van der Waals surface area contributed by atoms with Crippen molar-refractivity contribution in [3.63, 3.8) is 0 Å². The molecule has 2 rings (SSSR count). The van der Waals surface area contributed by atoms with E-state index in [4.69, 9.17) is 10.8 Å². The molecular formula is C13H22N2O3. The van der Waals surface area contributed by atoms with E-state index in [-0.39, 0.29) is 11.8 Å². The molecular weight excluding hydrogens is 232 g/mol. The molecule has 0 heterocycles. The topological polar surface area (TPSA) is 83.6 Å². The van der Waals surface area contributed by atoms with Crippen molar-refractivity contribution in [2.75, 3.05) is 7.05 Å². The van der Waals surface area contributed by atoms with E-state index in [1.54, 1.807) is 0 Å². The fraction of sp³-hybridized carbons (Fsp3) is 0.846. The number of hydrogen-bond donors (Lipinski definition) is 2. The second kappa shape index (κ2) is 4.88. The molecule has 1 amide bonds. The van der Waals surface area contributed by atoms with E-state index in [1.807, 2.05) is 11.9 Å². The summed E-state index contributed by atoms with van der Waals surface area (Å²) >= 11 is 0. The molecule has 2 aliphatic rings. The summed E-state index contributed by atoms with van der Waals surface area (Å²) in [5.41, 5.74) is 4.69. The van der Waals surface area contributed by atoms with Gasteiger partial charge in [0.15, 0.2) is 0 Å². The molecule has 3 N–H and O–H groups in total. The maximum absolute atomic E-state index is 12.3. The fourth-order valence-electron chi connectivity index (χ4n) is 2.84. The van der Waals surface area contributed by atoms with Gasteiger partial charge in [-0.3, -0.25) is 9.59 Å². The van der Waals surface area contributed by atoms with Crippen LogP contribution >= 0.6 is 0 Å². The molecule has 0 unspecified atom stereocenters. The normalized spacial score (nSPS) is 32.7. The lowest BCUT2D eigenvalue weighted by Gasteiger charge is -2.39. The highest BCUT2D eigenvalue weighted by atomic mass is 16.4. The molecule has 2 aliphatic carbocycles. The van der Waals surface area contributed by atoms with Crippen LogP contribution in [0.5, 0.6) is 0 Å². The van der Waals surface area contributed by atoms with Crippen molar-refractivity contribution < 1.29 is 14.7 Å². The number of carbonyl (C=O) groups is 2. The summed E-state index contributed by atoms with van der Waals surface area (Å²) in [7, 11) is 1.87. The molecule has 0 spiro atoms. The maximum atomic E-state index is 12.3. The van der Waals surface area contributed by atoms with Gasteiger partial charge in [-0.25, -0.2) is 0 Å². The molecule has 0 aliphatic heterocycles. The van der Waals surface area contributed by atoms with Gasteiger partial charge in [0.25, 0.3) is 0 Å². The monoisotopic (exact) mass is 254 g/mol. The summed E-state index contributed by atoms with van der Waals surface area (Å²) in [6.07, 6.45) is 5.40. The molecule has 0 saturated heterocycles. The Balaban J connectivity index is 1.89. The SMILES string of the molecule is CN(C(=O)C1CCC(N)(C(=O)O)CC1)C1CCC1. The summed E-state index contributed by atoms with van der Waals surface area (Å²) in [6.45, 7) is 0. The highest BCUT2D eigenvalue weighted by Gasteiger charge is 2.41. The van der Waals surface area contributed by atoms with E-state index in [9.17, 15) is 9.59 Å². The first-order chi connectivity index (χ1) is 8.44. The minimum Gasteiger partial charge on any atom is -0.480 e. The molecule has 2 fully saturated rings. The third-order valence-electron chi connectivity index (χ3n) is 4.62. The van der Waals surface area contributed by atoms with E-state index in [1.165, 1.54) is 6.42 Å². The van der Waals surface area contributed by atoms with Crippen molar-refractivity contribution in [1.29, 1.82) is 0 Å². The van der Waals surface area contributed by atoms with Crippen LogP contribution in [-0.4, -0.2) is 40.5 Å². The summed E-state index contributed by atoms with van der Waals surface area (Å²) in [4.78, 5) is 25.1. The van der Waals surface area contributed by atoms with Crippen LogP contribution in [0, 0.1) is 5.92 Å². The second-order valence-electron chi connectivity index (χ2n) is 5.77. The molecule has 0 atom stereocenters. The fourth-order valence-corrected chi connectivity index (χ4v) is 2.84. The predicted octanol–water partition coefficient (Wildman–Crippen LogP) is 0.970. The Labute approximate surface area is 107 Å². The van der Waals surface area contributed by atoms with Crippen molar-refractivity contribution in [3.05, 3.63) is 0 Å². The number of carboxylic acids is 1. The number of aliphatic carboxylic acids is 1. The Morgan fingerprint density at radius 1 is 1.22 bits per heavy atom. The number of carbonyl (C=O) groups excluding carboxylic acids is 1. The van der Waals surface area contributed by atoms with Crippen LogP contribution in [0.3, 0.4) is 0 Å². The lowest BCUT2D eigenvalue weighted by atomic mass is 9.76. The smallest absolute Gasteiger partial charge is 0.323 e. The quantitative estimate of drug-likeness (QED) is 0.786. The first-order valence-corrected chi connectivity index (χ1v) is 6.73. The first kappa shape index (κ1) is 13.3. The number of nitrogens with two attached hydrogens (primary N) is 1. The van der Waals surface area contributed by atoms with Crippen molar-refractivity contribution in [1.82, 2.24) is 4.90 Å². The number of hydrogen-bond acceptors (Lipinski definition) is 3. The molecule has 2 saturated carbocycles.